The fourth-order valence-electron chi connectivity index (χ4n) is 2.75. The summed E-state index contributed by atoms with van der Waals surface area (Å²) in [6.45, 7) is 0.362. The predicted octanol–water partition coefficient (Wildman–Crippen LogP) is 1.58. The highest BCUT2D eigenvalue weighted by Crippen LogP contribution is 2.06. The number of aryl methyl sites for hydroxylation is 1. The third-order valence-electron chi connectivity index (χ3n) is 4.07. The van der Waals surface area contributed by atoms with Gasteiger partial charge in [0, 0.05) is 13.0 Å². The van der Waals surface area contributed by atoms with E-state index in [1.54, 1.807) is 36.4 Å². The van der Waals surface area contributed by atoms with Crippen molar-refractivity contribution in [1.82, 2.24) is 15.1 Å². The fraction of sp³-hybridized carbons (Fsp3) is 0.211. The van der Waals surface area contributed by atoms with E-state index in [9.17, 15) is 18.8 Å². The summed E-state index contributed by atoms with van der Waals surface area (Å²) in [5.74, 6) is -0.534. The van der Waals surface area contributed by atoms with Crippen molar-refractivity contribution in [3.63, 3.8) is 0 Å². The highest BCUT2D eigenvalue weighted by Gasteiger charge is 2.07. The predicted molar refractivity (Wildman–Crippen MR) is 96.6 cm³/mol. The summed E-state index contributed by atoms with van der Waals surface area (Å²) < 4.78 is 14.3. The van der Waals surface area contributed by atoms with Crippen LogP contribution in [0.3, 0.4) is 0 Å². The molecule has 7 heteroatoms. The summed E-state index contributed by atoms with van der Waals surface area (Å²) in [5, 5.41) is 5.89. The van der Waals surface area contributed by atoms with Gasteiger partial charge in [0.2, 0.25) is 5.91 Å². The molecule has 134 valence electrons. The van der Waals surface area contributed by atoms with Crippen LogP contribution in [-0.2, 0) is 17.8 Å². The first-order chi connectivity index (χ1) is 12.5. The smallest absolute Gasteiger partial charge is 0.273 e. The number of nitrogens with one attached hydrogen (secondary N) is 2. The number of amides is 1. The van der Waals surface area contributed by atoms with Crippen LogP contribution < -0.4 is 16.4 Å². The normalized spacial score (nSPS) is 10.8. The summed E-state index contributed by atoms with van der Waals surface area (Å²) in [6.07, 6.45) is 0.642. The summed E-state index contributed by atoms with van der Waals surface area (Å²) >= 11 is 0. The van der Waals surface area contributed by atoms with Crippen molar-refractivity contribution in [2.75, 3.05) is 6.54 Å². The molecule has 1 aromatic heterocycles. The molecule has 3 aromatic rings. The van der Waals surface area contributed by atoms with Crippen LogP contribution in [0.4, 0.5) is 4.39 Å². The van der Waals surface area contributed by atoms with Crippen LogP contribution >= 0.6 is 0 Å². The van der Waals surface area contributed by atoms with E-state index < -0.39 is 0 Å². The number of rotatable bonds is 6. The first-order valence-corrected chi connectivity index (χ1v) is 8.27. The van der Waals surface area contributed by atoms with Crippen LogP contribution in [-0.4, -0.2) is 22.2 Å². The van der Waals surface area contributed by atoms with E-state index >= 15 is 0 Å². The Morgan fingerprint density at radius 3 is 2.62 bits per heavy atom. The van der Waals surface area contributed by atoms with Crippen molar-refractivity contribution in [2.45, 2.75) is 19.4 Å². The van der Waals surface area contributed by atoms with Crippen molar-refractivity contribution < 1.29 is 9.18 Å². The van der Waals surface area contributed by atoms with Gasteiger partial charge in [-0.15, -0.1) is 0 Å². The number of carbonyl (C=O) groups excluding carboxylic acids is 1. The lowest BCUT2D eigenvalue weighted by Crippen LogP contribution is -2.35. The van der Waals surface area contributed by atoms with Crippen LogP contribution in [0.25, 0.3) is 10.8 Å². The Kier molecular flexibility index (Phi) is 5.26. The molecule has 0 atom stereocenters. The molecule has 0 aliphatic rings. The molecule has 0 unspecified atom stereocenters. The van der Waals surface area contributed by atoms with Gasteiger partial charge in [0.1, 0.15) is 5.82 Å². The lowest BCUT2D eigenvalue weighted by molar-refractivity contribution is -0.121. The monoisotopic (exact) mass is 355 g/mol. The average Bonchev–Trinajstić information content (AvgIpc) is 2.64. The van der Waals surface area contributed by atoms with Crippen molar-refractivity contribution in [3.05, 3.63) is 80.6 Å². The highest BCUT2D eigenvalue weighted by atomic mass is 19.1. The Morgan fingerprint density at radius 1 is 1.08 bits per heavy atom. The minimum atomic E-state index is -0.349. The molecule has 6 nitrogen and oxygen atoms in total. The van der Waals surface area contributed by atoms with Gasteiger partial charge in [-0.25, -0.2) is 9.07 Å². The SMILES string of the molecule is O=C(CCc1cccc(F)c1)NCCn1[nH]c(=O)c2ccccc2c1=O. The number of aromatic nitrogens is 2. The minimum absolute atomic E-state index is 0.157. The maximum absolute atomic E-state index is 13.1. The molecule has 1 heterocycles. The topological polar surface area (TPSA) is 84.0 Å². The number of fused-ring (bicyclic) bond motifs is 1. The van der Waals surface area contributed by atoms with Gasteiger partial charge in [-0.3, -0.25) is 19.5 Å². The van der Waals surface area contributed by atoms with Crippen molar-refractivity contribution in [3.8, 4) is 0 Å². The average molecular weight is 355 g/mol. The van der Waals surface area contributed by atoms with Crippen LogP contribution in [0.5, 0.6) is 0 Å². The van der Waals surface area contributed by atoms with Gasteiger partial charge in [-0.1, -0.05) is 24.3 Å². The lowest BCUT2D eigenvalue weighted by Gasteiger charge is -2.08. The van der Waals surface area contributed by atoms with Gasteiger partial charge in [0.15, 0.2) is 0 Å². The van der Waals surface area contributed by atoms with E-state index in [1.165, 1.54) is 16.8 Å². The molecule has 0 saturated heterocycles. The van der Waals surface area contributed by atoms with Crippen LogP contribution in [0.1, 0.15) is 12.0 Å². The fourth-order valence-corrected chi connectivity index (χ4v) is 2.75. The van der Waals surface area contributed by atoms with E-state index in [0.717, 1.165) is 5.56 Å². The Bertz CT molecular complexity index is 1060. The lowest BCUT2D eigenvalue weighted by atomic mass is 10.1. The zero-order valence-electron chi connectivity index (χ0n) is 14.0. The largest absolute Gasteiger partial charge is 0.354 e. The van der Waals surface area contributed by atoms with Gasteiger partial charge in [0.05, 0.1) is 17.3 Å². The van der Waals surface area contributed by atoms with Crippen LogP contribution in [0, 0.1) is 5.82 Å². The van der Waals surface area contributed by atoms with E-state index in [1.807, 2.05) is 0 Å². The third-order valence-corrected chi connectivity index (χ3v) is 4.07. The first-order valence-electron chi connectivity index (χ1n) is 8.27. The molecule has 2 N–H and O–H groups in total. The molecule has 0 bridgehead atoms. The minimum Gasteiger partial charge on any atom is -0.354 e. The summed E-state index contributed by atoms with van der Waals surface area (Å²) in [4.78, 5) is 36.2. The van der Waals surface area contributed by atoms with E-state index in [4.69, 9.17) is 0 Å². The van der Waals surface area contributed by atoms with Crippen molar-refractivity contribution >= 4 is 16.7 Å². The zero-order valence-corrected chi connectivity index (χ0v) is 14.0. The number of carbonyl (C=O) groups is 1. The molecule has 2 aromatic carbocycles. The first kappa shape index (κ1) is 17.6. The molecular formula is C19H18FN3O3. The molecule has 0 radical (unpaired) electrons. The molecular weight excluding hydrogens is 337 g/mol. The Balaban J connectivity index is 1.57. The Hall–Kier alpha value is -3.22. The molecule has 3 rings (SSSR count). The number of nitrogens with zero attached hydrogens (tertiary/aromatic N) is 1. The molecule has 0 aliphatic heterocycles. The van der Waals surface area contributed by atoms with Gasteiger partial charge in [-0.2, -0.15) is 0 Å². The highest BCUT2D eigenvalue weighted by molar-refractivity contribution is 5.80. The number of aromatic amines is 1. The van der Waals surface area contributed by atoms with Gasteiger partial charge < -0.3 is 5.32 Å². The second-order valence-corrected chi connectivity index (χ2v) is 5.92. The van der Waals surface area contributed by atoms with Gasteiger partial charge >= 0.3 is 0 Å². The summed E-state index contributed by atoms with van der Waals surface area (Å²) in [5.41, 5.74) is 0.0852. The molecule has 1 amide bonds. The molecule has 0 spiro atoms. The molecule has 0 aliphatic carbocycles. The maximum atomic E-state index is 13.1. The van der Waals surface area contributed by atoms with E-state index in [0.29, 0.717) is 17.2 Å². The number of hydrogen-bond acceptors (Lipinski definition) is 3. The summed E-state index contributed by atoms with van der Waals surface area (Å²) in [7, 11) is 0. The maximum Gasteiger partial charge on any atom is 0.273 e. The Labute approximate surface area is 148 Å². The van der Waals surface area contributed by atoms with Gasteiger partial charge in [0.25, 0.3) is 11.1 Å². The summed E-state index contributed by atoms with van der Waals surface area (Å²) in [6, 6.07) is 12.7. The second kappa shape index (κ2) is 7.77. The second-order valence-electron chi connectivity index (χ2n) is 5.92. The van der Waals surface area contributed by atoms with Crippen molar-refractivity contribution in [2.24, 2.45) is 0 Å². The zero-order chi connectivity index (χ0) is 18.5. The van der Waals surface area contributed by atoms with E-state index in [2.05, 4.69) is 10.4 Å². The molecule has 0 saturated carbocycles. The van der Waals surface area contributed by atoms with Crippen molar-refractivity contribution in [1.29, 1.82) is 0 Å². The number of halogens is 1. The third kappa shape index (κ3) is 4.05. The van der Waals surface area contributed by atoms with Crippen LogP contribution in [0.2, 0.25) is 0 Å². The standard InChI is InChI=1S/C19H18FN3O3/c20-14-5-3-4-13(12-14)8-9-17(24)21-10-11-23-19(26)16-7-2-1-6-15(16)18(25)22-23/h1-7,12H,8-11H2,(H,21,24)(H,22,25). The quantitative estimate of drug-likeness (QED) is 0.704. The number of hydrogen-bond donors (Lipinski definition) is 2. The molecule has 26 heavy (non-hydrogen) atoms. The van der Waals surface area contributed by atoms with E-state index in [-0.39, 0.29) is 42.4 Å². The van der Waals surface area contributed by atoms with Crippen LogP contribution in [0.15, 0.2) is 58.1 Å². The van der Waals surface area contributed by atoms with Gasteiger partial charge in [-0.05, 0) is 36.2 Å². The molecule has 0 fully saturated rings. The Morgan fingerprint density at radius 2 is 1.85 bits per heavy atom. The number of benzene rings is 2. The number of H-pyrrole nitrogens is 1.